The Hall–Kier alpha value is -1.84. The van der Waals surface area contributed by atoms with E-state index in [4.69, 9.17) is 9.47 Å². The van der Waals surface area contributed by atoms with Crippen LogP contribution in [0.25, 0.3) is 11.1 Å². The summed E-state index contributed by atoms with van der Waals surface area (Å²) in [5.74, 6) is 0.914. The Balaban J connectivity index is 1.70. The molecule has 2 aromatic carbocycles. The molecule has 0 bridgehead atoms. The first-order valence-corrected chi connectivity index (χ1v) is 8.58. The fourth-order valence-corrected chi connectivity index (χ4v) is 2.42. The maximum atomic E-state index is 5.90. The number of hydrogen-bond acceptors (Lipinski definition) is 2. The number of rotatable bonds is 11. The number of unbranched alkanes of at least 4 members (excludes halogenated alkanes) is 1. The maximum absolute atomic E-state index is 5.90. The van der Waals surface area contributed by atoms with Crippen LogP contribution in [-0.2, 0) is 4.74 Å². The minimum absolute atomic E-state index is 0.582. The normalized spacial score (nSPS) is 10.7. The molecule has 0 radical (unpaired) electrons. The summed E-state index contributed by atoms with van der Waals surface area (Å²) in [5.41, 5.74) is 2.30. The van der Waals surface area contributed by atoms with Crippen molar-refractivity contribution >= 4 is 0 Å². The van der Waals surface area contributed by atoms with Gasteiger partial charge >= 0.3 is 0 Å². The fraction of sp³-hybridized carbons (Fsp3) is 0.400. The van der Waals surface area contributed by atoms with Gasteiger partial charge in [0.1, 0.15) is 12.4 Å². The SMILES string of the molecule is CCCC[NH2+]CCOCCOc1ccccc1-c1ccccc1. The molecule has 0 aliphatic heterocycles. The monoisotopic (exact) mass is 314 g/mol. The van der Waals surface area contributed by atoms with E-state index < -0.39 is 0 Å². The molecular weight excluding hydrogens is 286 g/mol. The molecule has 3 heteroatoms. The number of para-hydroxylation sites is 1. The molecule has 0 heterocycles. The first-order valence-electron chi connectivity index (χ1n) is 8.58. The van der Waals surface area contributed by atoms with Gasteiger partial charge in [-0.2, -0.15) is 0 Å². The second kappa shape index (κ2) is 10.8. The lowest BCUT2D eigenvalue weighted by molar-refractivity contribution is -0.656. The molecule has 0 aromatic heterocycles. The summed E-state index contributed by atoms with van der Waals surface area (Å²) in [7, 11) is 0. The molecule has 0 amide bonds. The number of quaternary nitrogens is 1. The van der Waals surface area contributed by atoms with E-state index in [-0.39, 0.29) is 0 Å². The predicted octanol–water partition coefficient (Wildman–Crippen LogP) is 3.11. The highest BCUT2D eigenvalue weighted by Crippen LogP contribution is 2.29. The summed E-state index contributed by atoms with van der Waals surface area (Å²) >= 11 is 0. The van der Waals surface area contributed by atoms with Gasteiger partial charge < -0.3 is 14.8 Å². The molecule has 2 N–H and O–H groups in total. The van der Waals surface area contributed by atoms with Crippen molar-refractivity contribution in [3.05, 3.63) is 54.6 Å². The lowest BCUT2D eigenvalue weighted by Crippen LogP contribution is -2.85. The van der Waals surface area contributed by atoms with Crippen LogP contribution in [0.15, 0.2) is 54.6 Å². The van der Waals surface area contributed by atoms with Gasteiger partial charge in [-0.3, -0.25) is 0 Å². The lowest BCUT2D eigenvalue weighted by atomic mass is 10.1. The quantitative estimate of drug-likeness (QED) is 0.647. The standard InChI is InChI=1S/C20H27NO2/c1-2-3-13-21-14-15-22-16-17-23-20-12-8-7-11-19(20)18-9-5-4-6-10-18/h4-12,21H,2-3,13-17H2,1H3/p+1. The molecule has 0 saturated heterocycles. The first kappa shape index (κ1) is 17.5. The summed E-state index contributed by atoms with van der Waals surface area (Å²) in [6.07, 6.45) is 2.53. The van der Waals surface area contributed by atoms with Gasteiger partial charge in [0.25, 0.3) is 0 Å². The molecule has 23 heavy (non-hydrogen) atoms. The van der Waals surface area contributed by atoms with E-state index >= 15 is 0 Å². The van der Waals surface area contributed by atoms with Crippen molar-refractivity contribution in [2.45, 2.75) is 19.8 Å². The van der Waals surface area contributed by atoms with Crippen LogP contribution in [0.5, 0.6) is 5.75 Å². The zero-order valence-electron chi connectivity index (χ0n) is 14.0. The summed E-state index contributed by atoms with van der Waals surface area (Å²) in [5, 5.41) is 2.31. The van der Waals surface area contributed by atoms with Gasteiger partial charge in [0.2, 0.25) is 0 Å². The zero-order chi connectivity index (χ0) is 16.2. The van der Waals surface area contributed by atoms with Crippen molar-refractivity contribution in [2.24, 2.45) is 0 Å². The van der Waals surface area contributed by atoms with Crippen LogP contribution in [0.3, 0.4) is 0 Å². The summed E-state index contributed by atoms with van der Waals surface area (Å²) in [6, 6.07) is 18.5. The van der Waals surface area contributed by atoms with E-state index in [0.29, 0.717) is 13.2 Å². The molecule has 0 fully saturated rings. The molecule has 0 aliphatic carbocycles. The third-order valence-electron chi connectivity index (χ3n) is 3.69. The highest BCUT2D eigenvalue weighted by molar-refractivity contribution is 5.70. The van der Waals surface area contributed by atoms with Gasteiger partial charge in [0, 0.05) is 5.56 Å². The number of ether oxygens (including phenoxy) is 2. The Labute approximate surface area is 139 Å². The van der Waals surface area contributed by atoms with Gasteiger partial charge in [-0.25, -0.2) is 0 Å². The highest BCUT2D eigenvalue weighted by Gasteiger charge is 2.04. The summed E-state index contributed by atoms with van der Waals surface area (Å²) < 4.78 is 11.5. The van der Waals surface area contributed by atoms with E-state index in [9.17, 15) is 0 Å². The smallest absolute Gasteiger partial charge is 0.127 e. The third kappa shape index (κ3) is 6.43. The van der Waals surface area contributed by atoms with Crippen LogP contribution in [0, 0.1) is 0 Å². The van der Waals surface area contributed by atoms with E-state index in [2.05, 4.69) is 30.4 Å². The van der Waals surface area contributed by atoms with Crippen LogP contribution >= 0.6 is 0 Å². The Bertz CT molecular complexity index is 542. The van der Waals surface area contributed by atoms with Crippen molar-refractivity contribution in [1.82, 2.24) is 0 Å². The Morgan fingerprint density at radius 3 is 2.43 bits per heavy atom. The Morgan fingerprint density at radius 1 is 0.826 bits per heavy atom. The second-order valence-electron chi connectivity index (χ2n) is 5.54. The minimum Gasteiger partial charge on any atom is -0.491 e. The second-order valence-corrected chi connectivity index (χ2v) is 5.54. The van der Waals surface area contributed by atoms with E-state index in [1.54, 1.807) is 0 Å². The van der Waals surface area contributed by atoms with Gasteiger partial charge in [0.15, 0.2) is 0 Å². The van der Waals surface area contributed by atoms with Crippen LogP contribution in [0.2, 0.25) is 0 Å². The molecule has 2 aromatic rings. The fourth-order valence-electron chi connectivity index (χ4n) is 2.42. The highest BCUT2D eigenvalue weighted by atomic mass is 16.5. The van der Waals surface area contributed by atoms with E-state index in [1.165, 1.54) is 24.9 Å². The molecule has 0 unspecified atom stereocenters. The summed E-state index contributed by atoms with van der Waals surface area (Å²) in [4.78, 5) is 0. The molecule has 0 spiro atoms. The Morgan fingerprint density at radius 2 is 1.61 bits per heavy atom. The molecule has 0 saturated carbocycles. The number of hydrogen-bond donors (Lipinski definition) is 1. The first-order chi connectivity index (χ1) is 11.4. The van der Waals surface area contributed by atoms with Crippen molar-refractivity contribution in [3.8, 4) is 16.9 Å². The van der Waals surface area contributed by atoms with Gasteiger partial charge in [-0.15, -0.1) is 0 Å². The maximum Gasteiger partial charge on any atom is 0.127 e. The number of benzene rings is 2. The van der Waals surface area contributed by atoms with Gasteiger partial charge in [0.05, 0.1) is 26.3 Å². The minimum atomic E-state index is 0.582. The topological polar surface area (TPSA) is 35.1 Å². The number of nitrogens with two attached hydrogens (primary N) is 1. The van der Waals surface area contributed by atoms with Crippen molar-refractivity contribution in [3.63, 3.8) is 0 Å². The predicted molar refractivity (Wildman–Crippen MR) is 94.8 cm³/mol. The van der Waals surface area contributed by atoms with Crippen LogP contribution in [0.1, 0.15) is 19.8 Å². The average molecular weight is 314 g/mol. The molecule has 0 aliphatic rings. The Kier molecular flexibility index (Phi) is 8.23. The molecule has 0 atom stereocenters. The molecule has 2 rings (SSSR count). The zero-order valence-corrected chi connectivity index (χ0v) is 14.0. The molecule has 3 nitrogen and oxygen atoms in total. The van der Waals surface area contributed by atoms with E-state index in [0.717, 1.165) is 24.5 Å². The van der Waals surface area contributed by atoms with Gasteiger partial charge in [-0.05, 0) is 18.1 Å². The van der Waals surface area contributed by atoms with Crippen molar-refractivity contribution in [2.75, 3.05) is 32.9 Å². The van der Waals surface area contributed by atoms with Crippen molar-refractivity contribution in [1.29, 1.82) is 0 Å². The van der Waals surface area contributed by atoms with Crippen LogP contribution in [0.4, 0.5) is 0 Å². The van der Waals surface area contributed by atoms with Crippen molar-refractivity contribution < 1.29 is 14.8 Å². The van der Waals surface area contributed by atoms with Crippen LogP contribution < -0.4 is 10.1 Å². The molecular formula is C20H28NO2+. The van der Waals surface area contributed by atoms with E-state index in [1.807, 2.05) is 36.4 Å². The van der Waals surface area contributed by atoms with Gasteiger partial charge in [-0.1, -0.05) is 61.9 Å². The largest absolute Gasteiger partial charge is 0.491 e. The molecule has 124 valence electrons. The lowest BCUT2D eigenvalue weighted by Gasteiger charge is -2.11. The average Bonchev–Trinajstić information content (AvgIpc) is 2.61. The summed E-state index contributed by atoms with van der Waals surface area (Å²) in [6.45, 7) is 6.44. The third-order valence-corrected chi connectivity index (χ3v) is 3.69. The van der Waals surface area contributed by atoms with Crippen LogP contribution in [-0.4, -0.2) is 32.9 Å².